The van der Waals surface area contributed by atoms with Gasteiger partial charge in [-0.25, -0.2) is 8.42 Å². The molecule has 1 heterocycles. The second-order valence-corrected chi connectivity index (χ2v) is 11.0. The van der Waals surface area contributed by atoms with E-state index in [0.29, 0.717) is 27.5 Å². The fourth-order valence-electron chi connectivity index (χ4n) is 4.34. The van der Waals surface area contributed by atoms with E-state index in [1.165, 1.54) is 16.3 Å². The summed E-state index contributed by atoms with van der Waals surface area (Å²) in [6.07, 6.45) is 0.363. The molecule has 2 amide bonds. The van der Waals surface area contributed by atoms with Crippen LogP contribution in [0.2, 0.25) is 10.0 Å². The molecule has 35 heavy (non-hydrogen) atoms. The maximum absolute atomic E-state index is 13.2. The van der Waals surface area contributed by atoms with Gasteiger partial charge in [0.25, 0.3) is 10.0 Å². The first-order chi connectivity index (χ1) is 16.6. The fraction of sp³-hybridized carbons (Fsp3) is 0.280. The molecule has 10 heteroatoms. The fourth-order valence-corrected chi connectivity index (χ4v) is 6.41. The van der Waals surface area contributed by atoms with Gasteiger partial charge >= 0.3 is 0 Å². The minimum atomic E-state index is -3.69. The van der Waals surface area contributed by atoms with Gasteiger partial charge in [-0.15, -0.1) is 0 Å². The molecule has 0 saturated carbocycles. The van der Waals surface area contributed by atoms with E-state index >= 15 is 0 Å². The molecule has 3 aromatic carbocycles. The number of nitrogens with zero attached hydrogens (tertiary/aromatic N) is 2. The van der Waals surface area contributed by atoms with Crippen LogP contribution in [-0.4, -0.2) is 44.8 Å². The zero-order valence-electron chi connectivity index (χ0n) is 19.3. The van der Waals surface area contributed by atoms with Gasteiger partial charge in [-0.1, -0.05) is 53.5 Å². The Morgan fingerprint density at radius 1 is 1.06 bits per heavy atom. The van der Waals surface area contributed by atoms with Gasteiger partial charge in [0.2, 0.25) is 11.8 Å². The van der Waals surface area contributed by atoms with Crippen LogP contribution in [0.5, 0.6) is 0 Å². The van der Waals surface area contributed by atoms with Crippen molar-refractivity contribution in [3.63, 3.8) is 0 Å². The van der Waals surface area contributed by atoms with Crippen molar-refractivity contribution in [3.05, 3.63) is 70.2 Å². The summed E-state index contributed by atoms with van der Waals surface area (Å²) in [5, 5.41) is 4.89. The van der Waals surface area contributed by atoms with E-state index < -0.39 is 16.1 Å². The molecular weight excluding hydrogens is 509 g/mol. The first-order valence-corrected chi connectivity index (χ1v) is 13.3. The van der Waals surface area contributed by atoms with Crippen LogP contribution in [0.4, 0.5) is 5.69 Å². The number of benzene rings is 3. The minimum Gasteiger partial charge on any atom is -0.357 e. The SMILES string of the molecule is CNC(=O)[C@@H](C)N(Cc1ccc(Cl)c(Cl)c1)C(=O)CCCN1c2cccc3cccc(c23)S1(=O)=O. The zero-order chi connectivity index (χ0) is 25.3. The second-order valence-electron chi connectivity index (χ2n) is 8.37. The molecule has 0 bridgehead atoms. The first kappa shape index (κ1) is 25.3. The molecule has 1 N–H and O–H groups in total. The van der Waals surface area contributed by atoms with E-state index in [1.807, 2.05) is 18.2 Å². The van der Waals surface area contributed by atoms with Crippen LogP contribution in [-0.2, 0) is 26.2 Å². The van der Waals surface area contributed by atoms with E-state index in [0.717, 1.165) is 10.9 Å². The number of anilines is 1. The van der Waals surface area contributed by atoms with Gasteiger partial charge in [0.05, 0.1) is 20.6 Å². The monoisotopic (exact) mass is 533 g/mol. The van der Waals surface area contributed by atoms with Crippen molar-refractivity contribution in [3.8, 4) is 0 Å². The van der Waals surface area contributed by atoms with E-state index in [1.54, 1.807) is 43.3 Å². The van der Waals surface area contributed by atoms with Crippen LogP contribution >= 0.6 is 23.2 Å². The van der Waals surface area contributed by atoms with Crippen LogP contribution in [0.3, 0.4) is 0 Å². The summed E-state index contributed by atoms with van der Waals surface area (Å²) in [5.41, 5.74) is 1.35. The smallest absolute Gasteiger partial charge is 0.265 e. The summed E-state index contributed by atoms with van der Waals surface area (Å²) < 4.78 is 27.7. The predicted octanol–water partition coefficient (Wildman–Crippen LogP) is 4.60. The van der Waals surface area contributed by atoms with Gasteiger partial charge < -0.3 is 10.2 Å². The van der Waals surface area contributed by atoms with Crippen molar-refractivity contribution in [1.82, 2.24) is 10.2 Å². The number of halogens is 2. The highest BCUT2D eigenvalue weighted by Gasteiger charge is 2.35. The summed E-state index contributed by atoms with van der Waals surface area (Å²) in [6, 6.07) is 15.0. The average Bonchev–Trinajstić information content (AvgIpc) is 3.06. The Hall–Kier alpha value is -2.81. The Morgan fingerprint density at radius 2 is 1.77 bits per heavy atom. The molecule has 184 valence electrons. The van der Waals surface area contributed by atoms with Crippen molar-refractivity contribution >= 4 is 61.5 Å². The molecule has 0 fully saturated rings. The molecule has 0 aliphatic carbocycles. The van der Waals surface area contributed by atoms with Gasteiger partial charge in [0, 0.05) is 31.9 Å². The van der Waals surface area contributed by atoms with E-state index in [4.69, 9.17) is 23.2 Å². The lowest BCUT2D eigenvalue weighted by molar-refractivity contribution is -0.140. The van der Waals surface area contributed by atoms with Crippen molar-refractivity contribution in [2.24, 2.45) is 0 Å². The Bertz CT molecular complexity index is 1410. The molecular formula is C25H25Cl2N3O4S. The number of nitrogens with one attached hydrogen (secondary N) is 1. The van der Waals surface area contributed by atoms with Gasteiger partial charge in [-0.05, 0) is 48.6 Å². The number of likely N-dealkylation sites (N-methyl/N-ethyl adjacent to an activating group) is 1. The van der Waals surface area contributed by atoms with E-state index in [2.05, 4.69) is 5.32 Å². The highest BCUT2D eigenvalue weighted by Crippen LogP contribution is 2.42. The predicted molar refractivity (Wildman–Crippen MR) is 138 cm³/mol. The molecule has 7 nitrogen and oxygen atoms in total. The lowest BCUT2D eigenvalue weighted by Crippen LogP contribution is -2.46. The average molecular weight is 534 g/mol. The van der Waals surface area contributed by atoms with E-state index in [9.17, 15) is 18.0 Å². The third-order valence-electron chi connectivity index (χ3n) is 6.18. The van der Waals surface area contributed by atoms with Gasteiger partial charge in [-0.2, -0.15) is 0 Å². The summed E-state index contributed by atoms with van der Waals surface area (Å²) in [4.78, 5) is 27.3. The van der Waals surface area contributed by atoms with Crippen LogP contribution < -0.4 is 9.62 Å². The maximum atomic E-state index is 13.2. The lowest BCUT2D eigenvalue weighted by atomic mass is 10.1. The lowest BCUT2D eigenvalue weighted by Gasteiger charge is -2.29. The Kier molecular flexibility index (Phi) is 7.26. The van der Waals surface area contributed by atoms with Gasteiger partial charge in [-0.3, -0.25) is 13.9 Å². The number of carbonyl (C=O) groups excluding carboxylic acids is 2. The molecule has 0 saturated heterocycles. The molecule has 3 aromatic rings. The Labute approximate surface area is 214 Å². The first-order valence-electron chi connectivity index (χ1n) is 11.1. The molecule has 0 spiro atoms. The number of sulfonamides is 1. The quantitative estimate of drug-likeness (QED) is 0.458. The highest BCUT2D eigenvalue weighted by molar-refractivity contribution is 7.93. The van der Waals surface area contributed by atoms with Crippen LogP contribution in [0.15, 0.2) is 59.5 Å². The minimum absolute atomic E-state index is 0.0704. The largest absolute Gasteiger partial charge is 0.357 e. The molecule has 1 aliphatic heterocycles. The number of amides is 2. The second kappa shape index (κ2) is 10.0. The molecule has 1 atom stereocenters. The van der Waals surface area contributed by atoms with Crippen molar-refractivity contribution in [1.29, 1.82) is 0 Å². The third-order valence-corrected chi connectivity index (χ3v) is 8.78. The van der Waals surface area contributed by atoms with Crippen molar-refractivity contribution in [2.45, 2.75) is 37.2 Å². The summed E-state index contributed by atoms with van der Waals surface area (Å²) in [7, 11) is -2.18. The highest BCUT2D eigenvalue weighted by atomic mass is 35.5. The van der Waals surface area contributed by atoms with Crippen LogP contribution in [0.1, 0.15) is 25.3 Å². The summed E-state index contributed by atoms with van der Waals surface area (Å²) in [6.45, 7) is 1.96. The van der Waals surface area contributed by atoms with Crippen LogP contribution in [0.25, 0.3) is 10.8 Å². The van der Waals surface area contributed by atoms with Crippen molar-refractivity contribution in [2.75, 3.05) is 17.9 Å². The molecule has 0 unspecified atom stereocenters. The summed E-state index contributed by atoms with van der Waals surface area (Å²) >= 11 is 12.1. The number of hydrogen-bond donors (Lipinski definition) is 1. The zero-order valence-corrected chi connectivity index (χ0v) is 21.6. The molecule has 0 radical (unpaired) electrons. The van der Waals surface area contributed by atoms with Crippen molar-refractivity contribution < 1.29 is 18.0 Å². The van der Waals surface area contributed by atoms with Gasteiger partial charge in [0.15, 0.2) is 0 Å². The molecule has 4 rings (SSSR count). The number of rotatable bonds is 8. The number of carbonyl (C=O) groups is 2. The Balaban J connectivity index is 1.50. The third kappa shape index (κ3) is 4.83. The topological polar surface area (TPSA) is 86.8 Å². The standard InChI is InChI=1S/C25H25Cl2N3O4S/c1-16(25(32)28-2)29(15-17-11-12-19(26)20(27)14-17)23(31)10-5-13-30-21-8-3-6-18-7-4-9-22(24(18)21)35(30,33)34/h3-4,6-9,11-12,14,16H,5,10,13,15H2,1-2H3,(H,28,32)/t16-/m1/s1. The van der Waals surface area contributed by atoms with Gasteiger partial charge in [0.1, 0.15) is 6.04 Å². The summed E-state index contributed by atoms with van der Waals surface area (Å²) in [5.74, 6) is -0.567. The molecule has 1 aliphatic rings. The van der Waals surface area contributed by atoms with Crippen LogP contribution in [0, 0.1) is 0 Å². The molecule has 0 aromatic heterocycles. The maximum Gasteiger partial charge on any atom is 0.265 e. The normalized spacial score (nSPS) is 14.7. The Morgan fingerprint density at radius 3 is 2.46 bits per heavy atom. The van der Waals surface area contributed by atoms with E-state index in [-0.39, 0.29) is 36.2 Å². The number of hydrogen-bond acceptors (Lipinski definition) is 4.